The summed E-state index contributed by atoms with van der Waals surface area (Å²) in [4.78, 5) is 4.17. The van der Waals surface area contributed by atoms with Crippen LogP contribution >= 0.6 is 11.8 Å². The molecule has 0 unspecified atom stereocenters. The van der Waals surface area contributed by atoms with Crippen LogP contribution in [0.5, 0.6) is 0 Å². The summed E-state index contributed by atoms with van der Waals surface area (Å²) in [6, 6.07) is 8.92. The molecule has 0 atom stereocenters. The van der Waals surface area contributed by atoms with Crippen LogP contribution in [0, 0.1) is 0 Å². The number of sulfonamides is 1. The van der Waals surface area contributed by atoms with E-state index in [9.17, 15) is 8.42 Å². The van der Waals surface area contributed by atoms with E-state index in [4.69, 9.17) is 4.74 Å². The first kappa shape index (κ1) is 15.7. The highest BCUT2D eigenvalue weighted by Crippen LogP contribution is 2.09. The Labute approximate surface area is 117 Å². The number of hydrogen-bond acceptors (Lipinski definition) is 4. The number of aliphatic imine (C=N–C) groups is 1. The zero-order valence-electron chi connectivity index (χ0n) is 11.0. The van der Waals surface area contributed by atoms with Gasteiger partial charge in [-0.3, -0.25) is 0 Å². The van der Waals surface area contributed by atoms with Crippen molar-refractivity contribution in [3.05, 3.63) is 35.9 Å². The molecule has 104 valence electrons. The van der Waals surface area contributed by atoms with Crippen LogP contribution in [-0.2, 0) is 14.8 Å². The molecule has 0 N–H and O–H groups in total. The molecule has 0 saturated carbocycles. The second-order valence-corrected chi connectivity index (χ2v) is 5.93. The quantitative estimate of drug-likeness (QED) is 0.633. The summed E-state index contributed by atoms with van der Waals surface area (Å²) >= 11 is 1.30. The Morgan fingerprint density at radius 2 is 1.95 bits per heavy atom. The minimum Gasteiger partial charge on any atom is -0.473 e. The molecule has 0 spiro atoms. The van der Waals surface area contributed by atoms with Crippen molar-refractivity contribution in [2.24, 2.45) is 9.39 Å². The SMILES string of the molecule is CCOC(=N/C(=N\S(C)(=O)=O)c1ccccc1)SC. The minimum atomic E-state index is -3.52. The fraction of sp³-hybridized carbons (Fsp3) is 0.333. The molecule has 1 aromatic carbocycles. The van der Waals surface area contributed by atoms with Gasteiger partial charge in [0.15, 0.2) is 5.84 Å². The number of benzene rings is 1. The molecule has 0 saturated heterocycles. The van der Waals surface area contributed by atoms with Gasteiger partial charge in [-0.15, -0.1) is 4.40 Å². The number of hydrogen-bond donors (Lipinski definition) is 0. The zero-order chi connectivity index (χ0) is 14.3. The van der Waals surface area contributed by atoms with E-state index in [0.717, 1.165) is 6.26 Å². The lowest BCUT2D eigenvalue weighted by atomic mass is 10.2. The van der Waals surface area contributed by atoms with E-state index in [1.807, 2.05) is 13.0 Å². The summed E-state index contributed by atoms with van der Waals surface area (Å²) in [5.74, 6) is 0.126. The molecule has 5 nitrogen and oxygen atoms in total. The molecule has 0 fully saturated rings. The van der Waals surface area contributed by atoms with Crippen LogP contribution in [0.2, 0.25) is 0 Å². The molecule has 19 heavy (non-hydrogen) atoms. The topological polar surface area (TPSA) is 68.1 Å². The van der Waals surface area contributed by atoms with Crippen molar-refractivity contribution in [3.8, 4) is 0 Å². The Morgan fingerprint density at radius 1 is 1.32 bits per heavy atom. The normalized spacial score (nSPS) is 13.4. The molecule has 0 heterocycles. The van der Waals surface area contributed by atoms with Gasteiger partial charge in [0, 0.05) is 5.56 Å². The molecule has 0 bridgehead atoms. The number of amidine groups is 1. The number of ether oxygens (including phenoxy) is 1. The third kappa shape index (κ3) is 5.89. The number of nitrogens with zero attached hydrogens (tertiary/aromatic N) is 2. The van der Waals surface area contributed by atoms with Crippen molar-refractivity contribution in [1.82, 2.24) is 0 Å². The van der Waals surface area contributed by atoms with Gasteiger partial charge in [-0.2, -0.15) is 4.99 Å². The minimum absolute atomic E-state index is 0.126. The highest BCUT2D eigenvalue weighted by Gasteiger charge is 2.09. The third-order valence-corrected chi connectivity index (χ3v) is 2.99. The van der Waals surface area contributed by atoms with E-state index >= 15 is 0 Å². The van der Waals surface area contributed by atoms with Gasteiger partial charge in [-0.1, -0.05) is 42.1 Å². The molecule has 0 aliphatic heterocycles. The second kappa shape index (κ2) is 7.30. The van der Waals surface area contributed by atoms with E-state index < -0.39 is 10.0 Å². The third-order valence-electron chi connectivity index (χ3n) is 1.92. The summed E-state index contributed by atoms with van der Waals surface area (Å²) in [7, 11) is -3.52. The number of rotatable bonds is 3. The lowest BCUT2D eigenvalue weighted by Crippen LogP contribution is -2.08. The maximum atomic E-state index is 11.3. The predicted octanol–water partition coefficient (Wildman–Crippen LogP) is 2.15. The molecular formula is C12H16N2O3S2. The van der Waals surface area contributed by atoms with Gasteiger partial charge in [0.2, 0.25) is 0 Å². The van der Waals surface area contributed by atoms with E-state index in [0.29, 0.717) is 17.4 Å². The average Bonchev–Trinajstić information content (AvgIpc) is 2.36. The molecule has 0 aliphatic rings. The van der Waals surface area contributed by atoms with E-state index in [1.54, 1.807) is 30.5 Å². The maximum absolute atomic E-state index is 11.3. The van der Waals surface area contributed by atoms with Gasteiger partial charge in [-0.25, -0.2) is 8.42 Å². The largest absolute Gasteiger partial charge is 0.473 e. The van der Waals surface area contributed by atoms with Crippen molar-refractivity contribution < 1.29 is 13.2 Å². The first-order valence-corrected chi connectivity index (χ1v) is 8.64. The summed E-state index contributed by atoms with van der Waals surface area (Å²) in [6.45, 7) is 2.29. The van der Waals surface area contributed by atoms with Crippen LogP contribution in [0.1, 0.15) is 12.5 Å². The average molecular weight is 300 g/mol. The molecular weight excluding hydrogens is 284 g/mol. The number of thioether (sulfide) groups is 1. The highest BCUT2D eigenvalue weighted by atomic mass is 32.2. The summed E-state index contributed by atoms with van der Waals surface area (Å²) in [5, 5.41) is 0.383. The van der Waals surface area contributed by atoms with Crippen LogP contribution in [0.15, 0.2) is 39.7 Å². The summed E-state index contributed by atoms with van der Waals surface area (Å²) < 4.78 is 31.6. The van der Waals surface area contributed by atoms with Crippen molar-refractivity contribution in [1.29, 1.82) is 0 Å². The predicted molar refractivity (Wildman–Crippen MR) is 80.4 cm³/mol. The van der Waals surface area contributed by atoms with Crippen molar-refractivity contribution in [2.75, 3.05) is 19.1 Å². The van der Waals surface area contributed by atoms with Crippen LogP contribution < -0.4 is 0 Å². The Balaban J connectivity index is 3.26. The van der Waals surface area contributed by atoms with Crippen LogP contribution in [0.4, 0.5) is 0 Å². The fourth-order valence-electron chi connectivity index (χ4n) is 1.23. The Hall–Kier alpha value is -1.34. The molecule has 0 radical (unpaired) electrons. The Bertz CT molecular complexity index is 566. The van der Waals surface area contributed by atoms with Crippen molar-refractivity contribution in [3.63, 3.8) is 0 Å². The first-order chi connectivity index (χ1) is 8.96. The second-order valence-electron chi connectivity index (χ2n) is 3.53. The smallest absolute Gasteiger partial charge is 0.252 e. The zero-order valence-corrected chi connectivity index (χ0v) is 12.7. The summed E-state index contributed by atoms with van der Waals surface area (Å²) in [6.07, 6.45) is 2.84. The van der Waals surface area contributed by atoms with Gasteiger partial charge in [0.25, 0.3) is 15.3 Å². The van der Waals surface area contributed by atoms with Crippen molar-refractivity contribution >= 4 is 32.9 Å². The standard InChI is InChI=1S/C12H16N2O3S2/c1-4-17-12(18-2)13-11(14-19(3,15)16)10-8-6-5-7-9-10/h5-9H,4H2,1-3H3/b13-12?,14-11-. The molecule has 0 amide bonds. The lowest BCUT2D eigenvalue weighted by Gasteiger charge is -2.05. The van der Waals surface area contributed by atoms with Gasteiger partial charge >= 0.3 is 0 Å². The van der Waals surface area contributed by atoms with Crippen LogP contribution in [0.3, 0.4) is 0 Å². The fourth-order valence-corrected chi connectivity index (χ4v) is 2.10. The highest BCUT2D eigenvalue weighted by molar-refractivity contribution is 8.13. The Morgan fingerprint density at radius 3 is 2.42 bits per heavy atom. The molecule has 7 heteroatoms. The molecule has 1 rings (SSSR count). The van der Waals surface area contributed by atoms with E-state index in [-0.39, 0.29) is 5.84 Å². The molecule has 0 aliphatic carbocycles. The van der Waals surface area contributed by atoms with Crippen molar-refractivity contribution in [2.45, 2.75) is 6.92 Å². The maximum Gasteiger partial charge on any atom is 0.252 e. The molecule has 1 aromatic rings. The van der Waals surface area contributed by atoms with Crippen LogP contribution in [-0.4, -0.2) is 38.6 Å². The van der Waals surface area contributed by atoms with Crippen LogP contribution in [0.25, 0.3) is 0 Å². The molecule has 0 aromatic heterocycles. The Kier molecular flexibility index (Phi) is 6.04. The van der Waals surface area contributed by atoms with E-state index in [2.05, 4.69) is 9.39 Å². The van der Waals surface area contributed by atoms with Gasteiger partial charge in [0.1, 0.15) is 0 Å². The lowest BCUT2D eigenvalue weighted by molar-refractivity contribution is 0.338. The first-order valence-electron chi connectivity index (χ1n) is 5.57. The van der Waals surface area contributed by atoms with Gasteiger partial charge in [-0.05, 0) is 13.2 Å². The summed E-state index contributed by atoms with van der Waals surface area (Å²) in [5.41, 5.74) is 0.624. The van der Waals surface area contributed by atoms with Gasteiger partial charge in [0.05, 0.1) is 12.9 Å². The van der Waals surface area contributed by atoms with Gasteiger partial charge < -0.3 is 4.74 Å². The van der Waals surface area contributed by atoms with E-state index in [1.165, 1.54) is 11.8 Å². The monoisotopic (exact) mass is 300 g/mol.